The Kier molecular flexibility index (Phi) is 3.03. The molecule has 0 unspecified atom stereocenters. The van der Waals surface area contributed by atoms with E-state index in [1.165, 1.54) is 6.92 Å². The Morgan fingerprint density at radius 1 is 1.33 bits per heavy atom. The van der Waals surface area contributed by atoms with E-state index < -0.39 is 17.6 Å². The molecular weight excluding hydrogens is 207 g/mol. The van der Waals surface area contributed by atoms with Gasteiger partial charge in [0.05, 0.1) is 5.41 Å². The first-order valence-electron chi connectivity index (χ1n) is 5.03. The molecule has 88 valence electrons. The summed E-state index contributed by atoms with van der Waals surface area (Å²) in [6.07, 6.45) is -2.71. The highest BCUT2D eigenvalue weighted by atomic mass is 19.4. The maximum absolute atomic E-state index is 12.6. The van der Waals surface area contributed by atoms with E-state index in [1.54, 1.807) is 0 Å². The second-order valence-electron chi connectivity index (χ2n) is 4.72. The van der Waals surface area contributed by atoms with Gasteiger partial charge in [-0.2, -0.15) is 13.2 Å². The van der Waals surface area contributed by atoms with Gasteiger partial charge in [-0.05, 0) is 33.6 Å². The van der Waals surface area contributed by atoms with Gasteiger partial charge in [-0.25, -0.2) is 0 Å². The van der Waals surface area contributed by atoms with Crippen molar-refractivity contribution in [2.45, 2.75) is 45.8 Å². The van der Waals surface area contributed by atoms with Gasteiger partial charge in [0.2, 0.25) is 5.91 Å². The fourth-order valence-corrected chi connectivity index (χ4v) is 1.10. The van der Waals surface area contributed by atoms with Crippen molar-refractivity contribution in [3.63, 3.8) is 0 Å². The highest BCUT2D eigenvalue weighted by Gasteiger charge is 2.51. The van der Waals surface area contributed by atoms with E-state index >= 15 is 0 Å². The second kappa shape index (κ2) is 3.68. The van der Waals surface area contributed by atoms with Crippen LogP contribution in [0.5, 0.6) is 0 Å². The summed E-state index contributed by atoms with van der Waals surface area (Å²) < 4.78 is 37.8. The van der Waals surface area contributed by atoms with Crippen LogP contribution in [0.25, 0.3) is 0 Å². The molecule has 5 heteroatoms. The van der Waals surface area contributed by atoms with Gasteiger partial charge < -0.3 is 5.32 Å². The molecule has 1 N–H and O–H groups in total. The number of carbonyl (C=O) groups is 1. The molecule has 0 aromatic carbocycles. The minimum absolute atomic E-state index is 0.0588. The molecule has 1 rings (SSSR count). The average molecular weight is 223 g/mol. The van der Waals surface area contributed by atoms with Crippen molar-refractivity contribution < 1.29 is 18.0 Å². The number of amides is 1. The van der Waals surface area contributed by atoms with Crippen molar-refractivity contribution in [1.82, 2.24) is 5.32 Å². The molecule has 0 saturated heterocycles. The molecule has 0 aliphatic heterocycles. The van der Waals surface area contributed by atoms with Gasteiger partial charge in [0.25, 0.3) is 0 Å². The molecule has 1 fully saturated rings. The van der Waals surface area contributed by atoms with Crippen LogP contribution >= 0.6 is 0 Å². The summed E-state index contributed by atoms with van der Waals surface area (Å²) in [5, 5.41) is 2.43. The molecule has 15 heavy (non-hydrogen) atoms. The molecule has 1 saturated carbocycles. The molecule has 1 aliphatic rings. The SMILES string of the molecule is C[C@H](NC(=O)C1CC1)C(C)(C)C(F)(F)F. The Morgan fingerprint density at radius 3 is 2.13 bits per heavy atom. The monoisotopic (exact) mass is 223 g/mol. The number of alkyl halides is 3. The zero-order chi connectivity index (χ0) is 11.9. The third-order valence-corrected chi connectivity index (χ3v) is 3.12. The van der Waals surface area contributed by atoms with Crippen molar-refractivity contribution in [3.05, 3.63) is 0 Å². The van der Waals surface area contributed by atoms with Gasteiger partial charge in [-0.3, -0.25) is 4.79 Å². The number of nitrogens with one attached hydrogen (secondary N) is 1. The van der Waals surface area contributed by atoms with E-state index in [0.717, 1.165) is 26.7 Å². The van der Waals surface area contributed by atoms with Gasteiger partial charge in [-0.1, -0.05) is 0 Å². The maximum Gasteiger partial charge on any atom is 0.395 e. The van der Waals surface area contributed by atoms with Gasteiger partial charge in [0.15, 0.2) is 0 Å². The molecule has 0 aromatic rings. The minimum Gasteiger partial charge on any atom is -0.353 e. The Bertz CT molecular complexity index is 256. The van der Waals surface area contributed by atoms with E-state index in [0.29, 0.717) is 0 Å². The molecule has 2 nitrogen and oxygen atoms in total. The highest BCUT2D eigenvalue weighted by Crippen LogP contribution is 2.40. The van der Waals surface area contributed by atoms with Crippen LogP contribution in [0, 0.1) is 11.3 Å². The molecular formula is C10H16F3NO. The molecule has 1 amide bonds. The number of carbonyl (C=O) groups excluding carboxylic acids is 1. The fourth-order valence-electron chi connectivity index (χ4n) is 1.10. The molecule has 1 atom stereocenters. The lowest BCUT2D eigenvalue weighted by Crippen LogP contribution is -2.50. The summed E-state index contributed by atoms with van der Waals surface area (Å²) in [6.45, 7) is 3.60. The molecule has 0 bridgehead atoms. The molecule has 0 heterocycles. The Hall–Kier alpha value is -0.740. The van der Waals surface area contributed by atoms with Crippen LogP contribution in [0.15, 0.2) is 0 Å². The quantitative estimate of drug-likeness (QED) is 0.782. The van der Waals surface area contributed by atoms with E-state index in [2.05, 4.69) is 5.32 Å². The van der Waals surface area contributed by atoms with Crippen LogP contribution < -0.4 is 5.32 Å². The van der Waals surface area contributed by atoms with Crippen molar-refractivity contribution in [2.24, 2.45) is 11.3 Å². The predicted octanol–water partition coefficient (Wildman–Crippen LogP) is 2.49. The third-order valence-electron chi connectivity index (χ3n) is 3.12. The number of rotatable bonds is 3. The summed E-state index contributed by atoms with van der Waals surface area (Å²) >= 11 is 0. The maximum atomic E-state index is 12.6. The van der Waals surface area contributed by atoms with Crippen molar-refractivity contribution in [2.75, 3.05) is 0 Å². The van der Waals surface area contributed by atoms with Gasteiger partial charge >= 0.3 is 6.18 Å². The van der Waals surface area contributed by atoms with Crippen LogP contribution in [0.1, 0.15) is 33.6 Å². The molecule has 0 aromatic heterocycles. The Balaban J connectivity index is 2.58. The van der Waals surface area contributed by atoms with E-state index in [9.17, 15) is 18.0 Å². The van der Waals surface area contributed by atoms with E-state index in [1.807, 2.05) is 0 Å². The fraction of sp³-hybridized carbons (Fsp3) is 0.900. The van der Waals surface area contributed by atoms with E-state index in [-0.39, 0.29) is 11.8 Å². The molecule has 0 radical (unpaired) electrons. The summed E-state index contributed by atoms with van der Waals surface area (Å²) in [5.41, 5.74) is -1.89. The summed E-state index contributed by atoms with van der Waals surface area (Å²) in [4.78, 5) is 11.3. The van der Waals surface area contributed by atoms with Crippen LogP contribution in [-0.4, -0.2) is 18.1 Å². The zero-order valence-corrected chi connectivity index (χ0v) is 9.11. The molecule has 0 spiro atoms. The Morgan fingerprint density at radius 2 is 1.80 bits per heavy atom. The lowest BCUT2D eigenvalue weighted by molar-refractivity contribution is -0.219. The van der Waals surface area contributed by atoms with Crippen molar-refractivity contribution in [1.29, 1.82) is 0 Å². The van der Waals surface area contributed by atoms with E-state index in [4.69, 9.17) is 0 Å². The van der Waals surface area contributed by atoms with Gasteiger partial charge in [-0.15, -0.1) is 0 Å². The average Bonchev–Trinajstić information content (AvgIpc) is 2.83. The highest BCUT2D eigenvalue weighted by molar-refractivity contribution is 5.81. The predicted molar refractivity (Wildman–Crippen MR) is 50.2 cm³/mol. The van der Waals surface area contributed by atoms with Crippen LogP contribution in [0.3, 0.4) is 0 Å². The summed E-state index contributed by atoms with van der Waals surface area (Å²) in [7, 11) is 0. The number of hydrogen-bond acceptors (Lipinski definition) is 1. The normalized spacial score (nSPS) is 19.9. The standard InChI is InChI=1S/C10H16F3NO/c1-6(9(2,3)10(11,12)13)14-8(15)7-4-5-7/h6-7H,4-5H2,1-3H3,(H,14,15)/t6-/m0/s1. The molecule has 1 aliphatic carbocycles. The number of hydrogen-bond donors (Lipinski definition) is 1. The lowest BCUT2D eigenvalue weighted by Gasteiger charge is -2.34. The first-order chi connectivity index (χ1) is 6.66. The third kappa shape index (κ3) is 2.63. The lowest BCUT2D eigenvalue weighted by atomic mass is 9.84. The first kappa shape index (κ1) is 12.3. The van der Waals surface area contributed by atoms with Crippen molar-refractivity contribution in [3.8, 4) is 0 Å². The van der Waals surface area contributed by atoms with Crippen molar-refractivity contribution >= 4 is 5.91 Å². The van der Waals surface area contributed by atoms with Crippen LogP contribution in [0.2, 0.25) is 0 Å². The summed E-state index contributed by atoms with van der Waals surface area (Å²) in [5.74, 6) is -0.309. The first-order valence-corrected chi connectivity index (χ1v) is 5.03. The van der Waals surface area contributed by atoms with Crippen LogP contribution in [-0.2, 0) is 4.79 Å². The number of halogens is 3. The largest absolute Gasteiger partial charge is 0.395 e. The summed E-state index contributed by atoms with van der Waals surface area (Å²) in [6, 6.07) is -0.898. The van der Waals surface area contributed by atoms with Gasteiger partial charge in [0.1, 0.15) is 0 Å². The van der Waals surface area contributed by atoms with Crippen LogP contribution in [0.4, 0.5) is 13.2 Å². The van der Waals surface area contributed by atoms with Gasteiger partial charge in [0, 0.05) is 12.0 Å². The minimum atomic E-state index is -4.30. The topological polar surface area (TPSA) is 29.1 Å². The smallest absolute Gasteiger partial charge is 0.353 e. The second-order valence-corrected chi connectivity index (χ2v) is 4.72. The Labute approximate surface area is 87.2 Å². The zero-order valence-electron chi connectivity index (χ0n) is 9.11.